The van der Waals surface area contributed by atoms with Crippen molar-refractivity contribution in [3.05, 3.63) is 95.6 Å². The molecular weight excluding hydrogens is 380 g/mol. The van der Waals surface area contributed by atoms with Crippen molar-refractivity contribution in [3.8, 4) is 0 Å². The van der Waals surface area contributed by atoms with Crippen molar-refractivity contribution in [2.24, 2.45) is 0 Å². The molecule has 1 N–H and O–H groups in total. The summed E-state index contributed by atoms with van der Waals surface area (Å²) < 4.78 is 27.6. The molecule has 0 radical (unpaired) electrons. The van der Waals surface area contributed by atoms with Gasteiger partial charge in [0.2, 0.25) is 0 Å². The molecule has 1 heterocycles. The minimum atomic E-state index is -3.50. The second-order valence-electron chi connectivity index (χ2n) is 7.84. The zero-order valence-electron chi connectivity index (χ0n) is 16.2. The molecule has 3 aromatic carbocycles. The Kier molecular flexibility index (Phi) is 4.64. The van der Waals surface area contributed by atoms with Crippen molar-refractivity contribution in [3.63, 3.8) is 0 Å². The summed E-state index contributed by atoms with van der Waals surface area (Å²) in [6.45, 7) is 1.40. The van der Waals surface area contributed by atoms with Crippen molar-refractivity contribution < 1.29 is 8.42 Å². The van der Waals surface area contributed by atoms with E-state index in [1.54, 1.807) is 28.6 Å². The van der Waals surface area contributed by atoms with Gasteiger partial charge in [0, 0.05) is 25.0 Å². The zero-order chi connectivity index (χ0) is 19.8. The van der Waals surface area contributed by atoms with Crippen LogP contribution in [0.4, 0.5) is 5.69 Å². The normalized spacial score (nSPS) is 20.5. The van der Waals surface area contributed by atoms with E-state index in [0.717, 1.165) is 30.6 Å². The van der Waals surface area contributed by atoms with Crippen LogP contribution < -0.4 is 9.62 Å². The molecule has 0 unspecified atom stereocenters. The van der Waals surface area contributed by atoms with Gasteiger partial charge in [0.1, 0.15) is 0 Å². The Morgan fingerprint density at radius 2 is 1.66 bits per heavy atom. The molecule has 0 saturated heterocycles. The molecule has 29 heavy (non-hydrogen) atoms. The molecule has 2 atom stereocenters. The van der Waals surface area contributed by atoms with E-state index in [1.807, 2.05) is 18.2 Å². The molecule has 5 heteroatoms. The largest absolute Gasteiger partial charge is 0.309 e. The quantitative estimate of drug-likeness (QED) is 0.673. The van der Waals surface area contributed by atoms with E-state index in [4.69, 9.17) is 0 Å². The lowest BCUT2D eigenvalue weighted by Gasteiger charge is -2.19. The number of nitrogens with zero attached hydrogens (tertiary/aromatic N) is 1. The van der Waals surface area contributed by atoms with Gasteiger partial charge in [0.25, 0.3) is 10.0 Å². The molecule has 0 spiro atoms. The minimum absolute atomic E-state index is 0.351. The Morgan fingerprint density at radius 1 is 0.931 bits per heavy atom. The molecule has 1 aliphatic carbocycles. The van der Waals surface area contributed by atoms with Gasteiger partial charge in [-0.05, 0) is 47.7 Å². The zero-order valence-corrected chi connectivity index (χ0v) is 17.0. The lowest BCUT2D eigenvalue weighted by Crippen LogP contribution is -2.29. The molecule has 2 aliphatic rings. The smallest absolute Gasteiger partial charge is 0.264 e. The third kappa shape index (κ3) is 3.56. The van der Waals surface area contributed by atoms with Crippen molar-refractivity contribution in [1.29, 1.82) is 0 Å². The fourth-order valence-corrected chi connectivity index (χ4v) is 5.75. The van der Waals surface area contributed by atoms with Crippen molar-refractivity contribution >= 4 is 15.7 Å². The molecule has 0 aromatic heterocycles. The van der Waals surface area contributed by atoms with E-state index in [-0.39, 0.29) is 0 Å². The van der Waals surface area contributed by atoms with Crippen molar-refractivity contribution in [2.45, 2.75) is 36.2 Å². The van der Waals surface area contributed by atoms with Crippen molar-refractivity contribution in [1.82, 2.24) is 5.32 Å². The first-order valence-electron chi connectivity index (χ1n) is 10.1. The van der Waals surface area contributed by atoms with Crippen LogP contribution in [0.2, 0.25) is 0 Å². The number of benzene rings is 3. The van der Waals surface area contributed by atoms with Gasteiger partial charge in [-0.2, -0.15) is 0 Å². The van der Waals surface area contributed by atoms with E-state index in [9.17, 15) is 8.42 Å². The summed E-state index contributed by atoms with van der Waals surface area (Å²) in [6, 6.07) is 25.9. The molecule has 1 saturated carbocycles. The molecular formula is C24H24N2O2S. The summed E-state index contributed by atoms with van der Waals surface area (Å²) in [4.78, 5) is 0.351. The van der Waals surface area contributed by atoms with Crippen LogP contribution in [0, 0.1) is 0 Å². The highest BCUT2D eigenvalue weighted by Gasteiger charge is 2.39. The standard InChI is InChI=1S/C24H24N2O2S/c27-29(28,21-9-5-2-6-10-21)26-14-13-20-15-19(11-12-24(20)26)22-16-23(22)25-17-18-7-3-1-4-8-18/h1-12,15,22-23,25H,13-14,16-17H2/t22-,23+/m0/s1. The summed E-state index contributed by atoms with van der Waals surface area (Å²) >= 11 is 0. The number of fused-ring (bicyclic) bond motifs is 1. The number of hydrogen-bond acceptors (Lipinski definition) is 3. The number of anilines is 1. The maximum absolute atomic E-state index is 13.0. The van der Waals surface area contributed by atoms with Gasteiger partial charge in [-0.25, -0.2) is 8.42 Å². The molecule has 4 nitrogen and oxygen atoms in total. The molecule has 3 aromatic rings. The first-order valence-corrected chi connectivity index (χ1v) is 11.5. The van der Waals surface area contributed by atoms with Crippen LogP contribution in [0.25, 0.3) is 0 Å². The van der Waals surface area contributed by atoms with Crippen LogP contribution in [0.15, 0.2) is 83.8 Å². The van der Waals surface area contributed by atoms with Crippen LogP contribution in [0.5, 0.6) is 0 Å². The lowest BCUT2D eigenvalue weighted by molar-refractivity contribution is 0.592. The average molecular weight is 405 g/mol. The van der Waals surface area contributed by atoms with Crippen molar-refractivity contribution in [2.75, 3.05) is 10.8 Å². The van der Waals surface area contributed by atoms with Crippen LogP contribution in [0.3, 0.4) is 0 Å². The maximum atomic E-state index is 13.0. The predicted octanol–water partition coefficient (Wildman–Crippen LogP) is 4.08. The Labute approximate surface area is 172 Å². The Hall–Kier alpha value is -2.63. The van der Waals surface area contributed by atoms with Gasteiger partial charge in [0.05, 0.1) is 10.6 Å². The third-order valence-corrected chi connectivity index (χ3v) is 7.74. The van der Waals surface area contributed by atoms with E-state index in [0.29, 0.717) is 23.4 Å². The fourth-order valence-electron chi connectivity index (χ4n) is 4.23. The van der Waals surface area contributed by atoms with Gasteiger partial charge in [-0.1, -0.05) is 60.7 Å². The van der Waals surface area contributed by atoms with Crippen LogP contribution in [-0.4, -0.2) is 21.0 Å². The van der Waals surface area contributed by atoms with Gasteiger partial charge in [-0.3, -0.25) is 4.31 Å². The Balaban J connectivity index is 1.29. The Morgan fingerprint density at radius 3 is 2.41 bits per heavy atom. The number of nitrogens with one attached hydrogen (secondary N) is 1. The summed E-state index contributed by atoms with van der Waals surface area (Å²) in [7, 11) is -3.50. The van der Waals surface area contributed by atoms with E-state index in [1.165, 1.54) is 11.1 Å². The fraction of sp³-hybridized carbons (Fsp3) is 0.250. The molecule has 0 amide bonds. The van der Waals surface area contributed by atoms with E-state index in [2.05, 4.69) is 41.7 Å². The molecule has 148 valence electrons. The topological polar surface area (TPSA) is 49.4 Å². The monoisotopic (exact) mass is 404 g/mol. The SMILES string of the molecule is O=S(=O)(c1ccccc1)N1CCc2cc([C@@H]3C[C@H]3NCc3ccccc3)ccc21. The molecule has 1 aliphatic heterocycles. The third-order valence-electron chi connectivity index (χ3n) is 5.92. The first-order chi connectivity index (χ1) is 14.1. The van der Waals surface area contributed by atoms with E-state index < -0.39 is 10.0 Å². The van der Waals surface area contributed by atoms with Gasteiger partial charge < -0.3 is 5.32 Å². The molecule has 0 bridgehead atoms. The van der Waals surface area contributed by atoms with Crippen LogP contribution in [0.1, 0.15) is 29.0 Å². The van der Waals surface area contributed by atoms with Crippen LogP contribution in [-0.2, 0) is 23.0 Å². The summed E-state index contributed by atoms with van der Waals surface area (Å²) in [6.07, 6.45) is 1.90. The molecule has 1 fully saturated rings. The van der Waals surface area contributed by atoms with Crippen LogP contribution >= 0.6 is 0 Å². The lowest BCUT2D eigenvalue weighted by atomic mass is 10.0. The highest BCUT2D eigenvalue weighted by molar-refractivity contribution is 7.92. The van der Waals surface area contributed by atoms with Gasteiger partial charge in [-0.15, -0.1) is 0 Å². The average Bonchev–Trinajstić information content (AvgIpc) is 3.41. The second-order valence-corrected chi connectivity index (χ2v) is 9.71. The predicted molar refractivity (Wildman–Crippen MR) is 116 cm³/mol. The number of sulfonamides is 1. The minimum Gasteiger partial charge on any atom is -0.309 e. The van der Waals surface area contributed by atoms with Gasteiger partial charge in [0.15, 0.2) is 0 Å². The number of rotatable bonds is 6. The first kappa shape index (κ1) is 18.4. The summed E-state index contributed by atoms with van der Waals surface area (Å²) in [5, 5.41) is 3.64. The maximum Gasteiger partial charge on any atom is 0.264 e. The summed E-state index contributed by atoms with van der Waals surface area (Å²) in [5.74, 6) is 0.517. The van der Waals surface area contributed by atoms with Gasteiger partial charge >= 0.3 is 0 Å². The molecule has 5 rings (SSSR count). The summed E-state index contributed by atoms with van der Waals surface area (Å²) in [5.41, 5.74) is 4.57. The number of hydrogen-bond donors (Lipinski definition) is 1. The van der Waals surface area contributed by atoms with E-state index >= 15 is 0 Å². The second kappa shape index (κ2) is 7.32. The Bertz CT molecular complexity index is 1110. The highest BCUT2D eigenvalue weighted by atomic mass is 32.2. The highest BCUT2D eigenvalue weighted by Crippen LogP contribution is 2.43.